The van der Waals surface area contributed by atoms with Crippen molar-refractivity contribution in [1.82, 2.24) is 9.80 Å². The zero-order valence-electron chi connectivity index (χ0n) is 7.66. The van der Waals surface area contributed by atoms with Crippen LogP contribution in [0.5, 0.6) is 0 Å². The fourth-order valence-electron chi connectivity index (χ4n) is 1.53. The number of amides is 2. The summed E-state index contributed by atoms with van der Waals surface area (Å²) >= 11 is 0. The van der Waals surface area contributed by atoms with Crippen molar-refractivity contribution in [2.24, 2.45) is 0 Å². The van der Waals surface area contributed by atoms with Crippen LogP contribution in [0.25, 0.3) is 0 Å². The molecule has 0 spiro atoms. The van der Waals surface area contributed by atoms with E-state index in [9.17, 15) is 4.79 Å². The summed E-state index contributed by atoms with van der Waals surface area (Å²) in [4.78, 5) is 14.7. The SMILES string of the molecule is CN(C)C(=O)N1CCC[C@@H]1CO. The number of aliphatic hydroxyl groups is 1. The first-order valence-corrected chi connectivity index (χ1v) is 4.25. The van der Waals surface area contributed by atoms with Crippen molar-refractivity contribution in [2.75, 3.05) is 27.2 Å². The zero-order chi connectivity index (χ0) is 9.14. The minimum Gasteiger partial charge on any atom is -0.394 e. The van der Waals surface area contributed by atoms with Crippen LogP contribution in [0.2, 0.25) is 0 Å². The van der Waals surface area contributed by atoms with E-state index in [1.165, 1.54) is 0 Å². The van der Waals surface area contributed by atoms with E-state index in [1.807, 2.05) is 0 Å². The fraction of sp³-hybridized carbons (Fsp3) is 0.875. The largest absolute Gasteiger partial charge is 0.394 e. The van der Waals surface area contributed by atoms with Crippen LogP contribution in [0.4, 0.5) is 4.79 Å². The predicted molar refractivity (Wildman–Crippen MR) is 45.9 cm³/mol. The number of hydrogen-bond donors (Lipinski definition) is 1. The molecular weight excluding hydrogens is 156 g/mol. The van der Waals surface area contributed by atoms with E-state index in [2.05, 4.69) is 0 Å². The van der Waals surface area contributed by atoms with Gasteiger partial charge >= 0.3 is 6.03 Å². The quantitative estimate of drug-likeness (QED) is 0.610. The molecule has 12 heavy (non-hydrogen) atoms. The van der Waals surface area contributed by atoms with Gasteiger partial charge in [-0.3, -0.25) is 0 Å². The molecule has 4 heteroatoms. The minimum atomic E-state index is 0.00606. The highest BCUT2D eigenvalue weighted by Crippen LogP contribution is 2.17. The molecular formula is C8H16N2O2. The molecule has 1 aliphatic rings. The second-order valence-corrected chi connectivity index (χ2v) is 3.35. The number of nitrogens with zero attached hydrogens (tertiary/aromatic N) is 2. The van der Waals surface area contributed by atoms with Crippen molar-refractivity contribution in [3.05, 3.63) is 0 Å². The fourth-order valence-corrected chi connectivity index (χ4v) is 1.53. The van der Waals surface area contributed by atoms with Crippen LogP contribution in [-0.2, 0) is 0 Å². The number of urea groups is 1. The van der Waals surface area contributed by atoms with Gasteiger partial charge in [-0.05, 0) is 12.8 Å². The molecule has 1 saturated heterocycles. The number of carbonyl (C=O) groups excluding carboxylic acids is 1. The number of rotatable bonds is 1. The molecule has 0 aromatic rings. The van der Waals surface area contributed by atoms with Crippen molar-refractivity contribution in [3.8, 4) is 0 Å². The molecule has 0 aromatic heterocycles. The van der Waals surface area contributed by atoms with Crippen LogP contribution in [0.1, 0.15) is 12.8 Å². The first-order chi connectivity index (χ1) is 5.66. The van der Waals surface area contributed by atoms with Gasteiger partial charge in [0.2, 0.25) is 0 Å². The first-order valence-electron chi connectivity index (χ1n) is 4.25. The van der Waals surface area contributed by atoms with Crippen molar-refractivity contribution >= 4 is 6.03 Å². The van der Waals surface area contributed by atoms with Crippen molar-refractivity contribution in [3.63, 3.8) is 0 Å². The van der Waals surface area contributed by atoms with Gasteiger partial charge in [0, 0.05) is 20.6 Å². The molecule has 4 nitrogen and oxygen atoms in total. The number of likely N-dealkylation sites (tertiary alicyclic amines) is 1. The Hall–Kier alpha value is -0.770. The minimum absolute atomic E-state index is 0.00606. The summed E-state index contributed by atoms with van der Waals surface area (Å²) in [5, 5.41) is 8.95. The van der Waals surface area contributed by atoms with Gasteiger partial charge < -0.3 is 14.9 Å². The van der Waals surface area contributed by atoms with Crippen molar-refractivity contribution in [2.45, 2.75) is 18.9 Å². The summed E-state index contributed by atoms with van der Waals surface area (Å²) in [5.74, 6) is 0. The van der Waals surface area contributed by atoms with Crippen LogP contribution >= 0.6 is 0 Å². The van der Waals surface area contributed by atoms with Crippen LogP contribution in [-0.4, -0.2) is 54.2 Å². The highest BCUT2D eigenvalue weighted by atomic mass is 16.3. The lowest BCUT2D eigenvalue weighted by Crippen LogP contribution is -2.43. The van der Waals surface area contributed by atoms with E-state index >= 15 is 0 Å². The Morgan fingerprint density at radius 1 is 1.67 bits per heavy atom. The second-order valence-electron chi connectivity index (χ2n) is 3.35. The van der Waals surface area contributed by atoms with Crippen LogP contribution in [0.15, 0.2) is 0 Å². The second kappa shape index (κ2) is 3.76. The summed E-state index contributed by atoms with van der Waals surface area (Å²) in [5.41, 5.74) is 0. The molecule has 1 aliphatic heterocycles. The van der Waals surface area contributed by atoms with E-state index in [1.54, 1.807) is 23.9 Å². The van der Waals surface area contributed by atoms with E-state index in [4.69, 9.17) is 5.11 Å². The normalized spacial score (nSPS) is 22.9. The molecule has 1 fully saturated rings. The van der Waals surface area contributed by atoms with Gasteiger partial charge in [0.25, 0.3) is 0 Å². The highest BCUT2D eigenvalue weighted by Gasteiger charge is 2.28. The Labute approximate surface area is 72.8 Å². The molecule has 1 atom stereocenters. The molecule has 1 heterocycles. The smallest absolute Gasteiger partial charge is 0.319 e. The average molecular weight is 172 g/mol. The third-order valence-corrected chi connectivity index (χ3v) is 2.22. The summed E-state index contributed by atoms with van der Waals surface area (Å²) in [6.45, 7) is 0.863. The number of carbonyl (C=O) groups is 1. The standard InChI is InChI=1S/C8H16N2O2/c1-9(2)8(12)10-5-3-4-7(10)6-11/h7,11H,3-6H2,1-2H3/t7-/m1/s1. The summed E-state index contributed by atoms with van der Waals surface area (Å²) in [6, 6.07) is 0.0476. The molecule has 0 aliphatic carbocycles. The summed E-state index contributed by atoms with van der Waals surface area (Å²) in [6.07, 6.45) is 1.93. The maximum absolute atomic E-state index is 11.5. The van der Waals surface area contributed by atoms with Gasteiger partial charge in [-0.2, -0.15) is 0 Å². The Bertz CT molecular complexity index is 170. The molecule has 0 bridgehead atoms. The van der Waals surface area contributed by atoms with E-state index in [-0.39, 0.29) is 18.7 Å². The lowest BCUT2D eigenvalue weighted by molar-refractivity contribution is 0.138. The molecule has 0 radical (unpaired) electrons. The summed E-state index contributed by atoms with van der Waals surface area (Å²) < 4.78 is 0. The number of hydrogen-bond acceptors (Lipinski definition) is 2. The van der Waals surface area contributed by atoms with Gasteiger partial charge in [-0.15, -0.1) is 0 Å². The molecule has 1 N–H and O–H groups in total. The predicted octanol–water partition coefficient (Wildman–Crippen LogP) is 0.125. The third-order valence-electron chi connectivity index (χ3n) is 2.22. The molecule has 0 saturated carbocycles. The Balaban J connectivity index is 2.55. The van der Waals surface area contributed by atoms with Crippen molar-refractivity contribution in [1.29, 1.82) is 0 Å². The Morgan fingerprint density at radius 3 is 2.83 bits per heavy atom. The van der Waals surface area contributed by atoms with Crippen molar-refractivity contribution < 1.29 is 9.90 Å². The third kappa shape index (κ3) is 1.69. The van der Waals surface area contributed by atoms with Crippen LogP contribution < -0.4 is 0 Å². The van der Waals surface area contributed by atoms with Gasteiger partial charge in [0.05, 0.1) is 12.6 Å². The Morgan fingerprint density at radius 2 is 2.33 bits per heavy atom. The number of aliphatic hydroxyl groups excluding tert-OH is 1. The highest BCUT2D eigenvalue weighted by molar-refractivity contribution is 5.74. The monoisotopic (exact) mass is 172 g/mol. The van der Waals surface area contributed by atoms with E-state index in [0.717, 1.165) is 19.4 Å². The van der Waals surface area contributed by atoms with Crippen LogP contribution in [0.3, 0.4) is 0 Å². The van der Waals surface area contributed by atoms with Gasteiger partial charge in [-0.25, -0.2) is 4.79 Å². The van der Waals surface area contributed by atoms with Gasteiger partial charge in [0.15, 0.2) is 0 Å². The maximum atomic E-state index is 11.5. The zero-order valence-corrected chi connectivity index (χ0v) is 7.66. The molecule has 2 amide bonds. The topological polar surface area (TPSA) is 43.8 Å². The van der Waals surface area contributed by atoms with Crippen LogP contribution in [0, 0.1) is 0 Å². The lowest BCUT2D eigenvalue weighted by Gasteiger charge is -2.26. The Kier molecular flexibility index (Phi) is 2.92. The molecule has 70 valence electrons. The molecule has 0 aromatic carbocycles. The summed E-state index contributed by atoms with van der Waals surface area (Å²) in [7, 11) is 3.46. The average Bonchev–Trinajstić information content (AvgIpc) is 2.49. The molecule has 0 unspecified atom stereocenters. The maximum Gasteiger partial charge on any atom is 0.319 e. The van der Waals surface area contributed by atoms with E-state index < -0.39 is 0 Å². The van der Waals surface area contributed by atoms with Gasteiger partial charge in [-0.1, -0.05) is 0 Å². The lowest BCUT2D eigenvalue weighted by atomic mass is 10.2. The van der Waals surface area contributed by atoms with E-state index in [0.29, 0.717) is 0 Å². The van der Waals surface area contributed by atoms with Gasteiger partial charge in [0.1, 0.15) is 0 Å². The first kappa shape index (κ1) is 9.32. The molecule has 1 rings (SSSR count).